The molecule has 0 aliphatic carbocycles. The van der Waals surface area contributed by atoms with Crippen LogP contribution < -0.4 is 10.6 Å². The number of amides is 2. The maximum absolute atomic E-state index is 12.8. The van der Waals surface area contributed by atoms with Gasteiger partial charge in [0.05, 0.1) is 5.69 Å². The molecule has 0 bridgehead atoms. The van der Waals surface area contributed by atoms with Crippen molar-refractivity contribution in [1.82, 2.24) is 5.32 Å². The summed E-state index contributed by atoms with van der Waals surface area (Å²) in [5.74, 6) is -0.260. The number of benzene rings is 2. The van der Waals surface area contributed by atoms with Crippen LogP contribution in [0.1, 0.15) is 5.56 Å². The zero-order chi connectivity index (χ0) is 15.2. The van der Waals surface area contributed by atoms with Crippen LogP contribution in [0.25, 0.3) is 0 Å². The second-order valence-corrected chi connectivity index (χ2v) is 6.15. The van der Waals surface area contributed by atoms with Gasteiger partial charge in [-0.3, -0.25) is 0 Å². The first-order valence-electron chi connectivity index (χ1n) is 6.29. The predicted octanol–water partition coefficient (Wildman–Crippen LogP) is 4.71. The average molecular weight is 416 g/mol. The summed E-state index contributed by atoms with van der Waals surface area (Å²) in [6.45, 7) is 0.475. The zero-order valence-electron chi connectivity index (χ0n) is 11.0. The Hall–Kier alpha value is -1.40. The molecule has 0 aromatic heterocycles. The van der Waals surface area contributed by atoms with Crippen LogP contribution in [0.5, 0.6) is 0 Å². The minimum Gasteiger partial charge on any atom is -0.338 e. The Kier molecular flexibility index (Phi) is 5.76. The van der Waals surface area contributed by atoms with E-state index in [9.17, 15) is 9.18 Å². The third kappa shape index (κ3) is 5.13. The van der Waals surface area contributed by atoms with Gasteiger partial charge in [-0.15, -0.1) is 0 Å². The number of anilines is 1. The molecule has 0 unspecified atom stereocenters. The Bertz CT molecular complexity index is 632. The number of rotatable bonds is 4. The van der Waals surface area contributed by atoms with Gasteiger partial charge in [0.2, 0.25) is 0 Å². The van der Waals surface area contributed by atoms with Crippen molar-refractivity contribution in [3.05, 3.63) is 62.8 Å². The number of halogens is 3. The molecule has 0 atom stereocenters. The van der Waals surface area contributed by atoms with Gasteiger partial charge in [-0.2, -0.15) is 0 Å². The van der Waals surface area contributed by atoms with Gasteiger partial charge >= 0.3 is 6.03 Å². The van der Waals surface area contributed by atoms with Gasteiger partial charge < -0.3 is 10.6 Å². The molecule has 2 aromatic carbocycles. The highest BCUT2D eigenvalue weighted by Gasteiger charge is 2.05. The van der Waals surface area contributed by atoms with Crippen LogP contribution in [-0.2, 0) is 6.42 Å². The van der Waals surface area contributed by atoms with E-state index in [4.69, 9.17) is 0 Å². The summed E-state index contributed by atoms with van der Waals surface area (Å²) in [7, 11) is 0. The topological polar surface area (TPSA) is 41.1 Å². The molecule has 21 heavy (non-hydrogen) atoms. The Morgan fingerprint density at radius 2 is 1.81 bits per heavy atom. The molecule has 0 fully saturated rings. The number of carbonyl (C=O) groups is 1. The van der Waals surface area contributed by atoms with Gasteiger partial charge in [0.25, 0.3) is 0 Å². The van der Waals surface area contributed by atoms with Crippen molar-refractivity contribution in [2.24, 2.45) is 0 Å². The van der Waals surface area contributed by atoms with Crippen LogP contribution in [0, 0.1) is 5.82 Å². The molecular formula is C15H13Br2FN2O. The summed E-state index contributed by atoms with van der Waals surface area (Å²) < 4.78 is 14.4. The number of nitrogens with one attached hydrogen (secondary N) is 2. The quantitative estimate of drug-likeness (QED) is 0.745. The standard InChI is InChI=1S/C15H13Br2FN2O/c16-11-3-6-13(17)14(9-11)20-15(21)19-8-7-10-1-4-12(18)5-2-10/h1-6,9H,7-8H2,(H2,19,20,21). The molecule has 0 heterocycles. The third-order valence-corrected chi connectivity index (χ3v) is 3.97. The Morgan fingerprint density at radius 3 is 2.52 bits per heavy atom. The van der Waals surface area contributed by atoms with Crippen LogP contribution in [-0.4, -0.2) is 12.6 Å². The van der Waals surface area contributed by atoms with E-state index in [1.54, 1.807) is 12.1 Å². The molecule has 0 aliphatic rings. The normalized spacial score (nSPS) is 10.2. The SMILES string of the molecule is O=C(NCCc1ccc(F)cc1)Nc1cc(Br)ccc1Br. The first-order valence-corrected chi connectivity index (χ1v) is 7.87. The summed E-state index contributed by atoms with van der Waals surface area (Å²) in [6, 6.07) is 11.5. The third-order valence-electron chi connectivity index (χ3n) is 2.79. The fraction of sp³-hybridized carbons (Fsp3) is 0.133. The van der Waals surface area contributed by atoms with Crippen LogP contribution in [0.15, 0.2) is 51.4 Å². The maximum atomic E-state index is 12.8. The van der Waals surface area contributed by atoms with E-state index >= 15 is 0 Å². The monoisotopic (exact) mass is 414 g/mol. The van der Waals surface area contributed by atoms with Crippen molar-refractivity contribution in [1.29, 1.82) is 0 Å². The molecular weight excluding hydrogens is 403 g/mol. The number of hydrogen-bond donors (Lipinski definition) is 2. The van der Waals surface area contributed by atoms with Crippen LogP contribution >= 0.6 is 31.9 Å². The van der Waals surface area contributed by atoms with Crippen LogP contribution in [0.4, 0.5) is 14.9 Å². The highest BCUT2D eigenvalue weighted by molar-refractivity contribution is 9.11. The molecule has 0 saturated heterocycles. The lowest BCUT2D eigenvalue weighted by atomic mass is 10.1. The summed E-state index contributed by atoms with van der Waals surface area (Å²) in [6.07, 6.45) is 0.646. The molecule has 6 heteroatoms. The number of carbonyl (C=O) groups excluding carboxylic acids is 1. The fourth-order valence-electron chi connectivity index (χ4n) is 1.73. The zero-order valence-corrected chi connectivity index (χ0v) is 14.2. The summed E-state index contributed by atoms with van der Waals surface area (Å²) in [5, 5.41) is 5.52. The molecule has 2 rings (SSSR count). The first kappa shape index (κ1) is 16.0. The Labute approximate surface area is 139 Å². The van der Waals surface area contributed by atoms with E-state index in [0.29, 0.717) is 18.7 Å². The highest BCUT2D eigenvalue weighted by Crippen LogP contribution is 2.25. The van der Waals surface area contributed by atoms with Gasteiger partial charge in [0, 0.05) is 15.5 Å². The van der Waals surface area contributed by atoms with Gasteiger partial charge in [0.1, 0.15) is 5.82 Å². The van der Waals surface area contributed by atoms with E-state index in [2.05, 4.69) is 42.5 Å². The van der Waals surface area contributed by atoms with Crippen molar-refractivity contribution < 1.29 is 9.18 Å². The molecule has 2 aromatic rings. The molecule has 2 amide bonds. The lowest BCUT2D eigenvalue weighted by molar-refractivity contribution is 0.252. The van der Waals surface area contributed by atoms with E-state index < -0.39 is 0 Å². The average Bonchev–Trinajstić information content (AvgIpc) is 2.45. The summed E-state index contributed by atoms with van der Waals surface area (Å²) in [4.78, 5) is 11.8. The van der Waals surface area contributed by atoms with Crippen molar-refractivity contribution in [2.45, 2.75) is 6.42 Å². The van der Waals surface area contributed by atoms with Crippen molar-refractivity contribution >= 4 is 43.6 Å². The highest BCUT2D eigenvalue weighted by atomic mass is 79.9. The second kappa shape index (κ2) is 7.56. The van der Waals surface area contributed by atoms with Gasteiger partial charge in [-0.25, -0.2) is 9.18 Å². The molecule has 0 radical (unpaired) electrons. The summed E-state index contributed by atoms with van der Waals surface area (Å²) in [5.41, 5.74) is 1.66. The van der Waals surface area contributed by atoms with E-state index in [0.717, 1.165) is 14.5 Å². The maximum Gasteiger partial charge on any atom is 0.319 e. The lowest BCUT2D eigenvalue weighted by Gasteiger charge is -2.09. The van der Waals surface area contributed by atoms with E-state index in [1.165, 1.54) is 12.1 Å². The Morgan fingerprint density at radius 1 is 1.10 bits per heavy atom. The molecule has 0 aliphatic heterocycles. The Balaban J connectivity index is 1.82. The summed E-state index contributed by atoms with van der Waals surface area (Å²) >= 11 is 6.72. The predicted molar refractivity (Wildman–Crippen MR) is 89.0 cm³/mol. The second-order valence-electron chi connectivity index (χ2n) is 4.38. The lowest BCUT2D eigenvalue weighted by Crippen LogP contribution is -2.30. The van der Waals surface area contributed by atoms with Crippen LogP contribution in [0.3, 0.4) is 0 Å². The molecule has 2 N–H and O–H groups in total. The van der Waals surface area contributed by atoms with Gasteiger partial charge in [0.15, 0.2) is 0 Å². The molecule has 3 nitrogen and oxygen atoms in total. The first-order chi connectivity index (χ1) is 10.0. The van der Waals surface area contributed by atoms with Crippen LogP contribution in [0.2, 0.25) is 0 Å². The number of urea groups is 1. The van der Waals surface area contributed by atoms with Crippen molar-refractivity contribution in [3.8, 4) is 0 Å². The van der Waals surface area contributed by atoms with Crippen molar-refractivity contribution in [2.75, 3.05) is 11.9 Å². The molecule has 110 valence electrons. The van der Waals surface area contributed by atoms with E-state index in [1.807, 2.05) is 18.2 Å². The van der Waals surface area contributed by atoms with Gasteiger partial charge in [-0.1, -0.05) is 28.1 Å². The smallest absolute Gasteiger partial charge is 0.319 e. The number of hydrogen-bond acceptors (Lipinski definition) is 1. The largest absolute Gasteiger partial charge is 0.338 e. The van der Waals surface area contributed by atoms with Gasteiger partial charge in [-0.05, 0) is 58.2 Å². The van der Waals surface area contributed by atoms with E-state index in [-0.39, 0.29) is 11.8 Å². The molecule has 0 saturated carbocycles. The fourth-order valence-corrected chi connectivity index (χ4v) is 2.44. The molecule has 0 spiro atoms. The minimum atomic E-state index is -0.282. The minimum absolute atomic E-state index is 0.260. The van der Waals surface area contributed by atoms with Crippen molar-refractivity contribution in [3.63, 3.8) is 0 Å².